The molecule has 3 aliphatic rings. The standard InChI is InChI=1S/C22H27N3S/c23-21-18-4-2-1-3-17(18)11-22(21)9-7-16(8-10-22)19-12-25-20(13-24-19)26-14-15-5-6-15/h1-4,12-13,15-16,21H,5-11,14,23H2. The first-order chi connectivity index (χ1) is 12.7. The molecule has 2 aromatic rings. The number of aromatic nitrogens is 2. The van der Waals surface area contributed by atoms with E-state index in [1.807, 2.05) is 24.2 Å². The van der Waals surface area contributed by atoms with E-state index in [2.05, 4.69) is 29.2 Å². The normalized spacial score (nSPS) is 30.5. The summed E-state index contributed by atoms with van der Waals surface area (Å²) in [6.45, 7) is 0. The number of hydrogen-bond acceptors (Lipinski definition) is 4. The van der Waals surface area contributed by atoms with Crippen LogP contribution in [0.5, 0.6) is 0 Å². The summed E-state index contributed by atoms with van der Waals surface area (Å²) >= 11 is 1.86. The van der Waals surface area contributed by atoms with Gasteiger partial charge in [0.05, 0.1) is 11.9 Å². The topological polar surface area (TPSA) is 51.8 Å². The fourth-order valence-electron chi connectivity index (χ4n) is 4.89. The van der Waals surface area contributed by atoms with Crippen LogP contribution < -0.4 is 5.73 Å². The molecule has 1 spiro atoms. The zero-order valence-electron chi connectivity index (χ0n) is 15.2. The fraction of sp³-hybridized carbons (Fsp3) is 0.545. The van der Waals surface area contributed by atoms with Gasteiger partial charge in [-0.05, 0) is 67.4 Å². The van der Waals surface area contributed by atoms with Crippen molar-refractivity contribution in [1.29, 1.82) is 0 Å². The fourth-order valence-corrected chi connectivity index (χ4v) is 5.89. The lowest BCUT2D eigenvalue weighted by molar-refractivity contribution is 0.148. The van der Waals surface area contributed by atoms with Crippen molar-refractivity contribution in [2.75, 3.05) is 5.75 Å². The van der Waals surface area contributed by atoms with Crippen LogP contribution in [0, 0.1) is 11.3 Å². The summed E-state index contributed by atoms with van der Waals surface area (Å²) in [7, 11) is 0. The van der Waals surface area contributed by atoms with E-state index < -0.39 is 0 Å². The molecule has 0 saturated heterocycles. The quantitative estimate of drug-likeness (QED) is 0.785. The molecule has 1 unspecified atom stereocenters. The van der Waals surface area contributed by atoms with Crippen LogP contribution in [0.4, 0.5) is 0 Å². The number of rotatable bonds is 4. The number of nitrogens with zero attached hydrogens (tertiary/aromatic N) is 2. The van der Waals surface area contributed by atoms with Crippen LogP contribution in [0.3, 0.4) is 0 Å². The molecule has 3 aliphatic carbocycles. The minimum absolute atomic E-state index is 0.201. The van der Waals surface area contributed by atoms with Crippen LogP contribution >= 0.6 is 11.8 Å². The summed E-state index contributed by atoms with van der Waals surface area (Å²) in [5, 5.41) is 1.08. The molecule has 2 N–H and O–H groups in total. The van der Waals surface area contributed by atoms with E-state index in [0.29, 0.717) is 5.92 Å². The van der Waals surface area contributed by atoms with E-state index in [1.54, 1.807) is 0 Å². The molecule has 1 aromatic heterocycles. The largest absolute Gasteiger partial charge is 0.323 e. The second kappa shape index (κ2) is 6.65. The lowest BCUT2D eigenvalue weighted by Gasteiger charge is -2.40. The zero-order valence-corrected chi connectivity index (χ0v) is 16.0. The highest BCUT2D eigenvalue weighted by Gasteiger charge is 2.46. The zero-order chi connectivity index (χ0) is 17.6. The van der Waals surface area contributed by atoms with Crippen LogP contribution in [0.1, 0.15) is 67.3 Å². The molecule has 0 amide bonds. The van der Waals surface area contributed by atoms with Gasteiger partial charge in [-0.3, -0.25) is 4.98 Å². The number of nitrogens with two attached hydrogens (primary N) is 1. The molecule has 1 heterocycles. The Morgan fingerprint density at radius 2 is 1.85 bits per heavy atom. The van der Waals surface area contributed by atoms with E-state index in [0.717, 1.165) is 17.4 Å². The molecule has 1 aromatic carbocycles. The van der Waals surface area contributed by atoms with Gasteiger partial charge in [0.25, 0.3) is 0 Å². The summed E-state index contributed by atoms with van der Waals surface area (Å²) in [4.78, 5) is 9.43. The number of hydrogen-bond donors (Lipinski definition) is 1. The Bertz CT molecular complexity index is 776. The van der Waals surface area contributed by atoms with Crippen molar-refractivity contribution >= 4 is 11.8 Å². The minimum atomic E-state index is 0.201. The van der Waals surface area contributed by atoms with Gasteiger partial charge in [-0.25, -0.2) is 4.98 Å². The molecule has 4 heteroatoms. The Kier molecular flexibility index (Phi) is 4.29. The lowest BCUT2D eigenvalue weighted by atomic mass is 9.66. The van der Waals surface area contributed by atoms with Gasteiger partial charge in [0, 0.05) is 23.9 Å². The molecule has 0 bridgehead atoms. The second-order valence-electron chi connectivity index (χ2n) is 8.52. The molecule has 5 rings (SSSR count). The van der Waals surface area contributed by atoms with Crippen molar-refractivity contribution < 1.29 is 0 Å². The molecule has 3 nitrogen and oxygen atoms in total. The van der Waals surface area contributed by atoms with Gasteiger partial charge in [-0.15, -0.1) is 11.8 Å². The first-order valence-electron chi connectivity index (χ1n) is 10.0. The summed E-state index contributed by atoms with van der Waals surface area (Å²) < 4.78 is 0. The maximum atomic E-state index is 6.69. The monoisotopic (exact) mass is 365 g/mol. The van der Waals surface area contributed by atoms with Gasteiger partial charge in [0.15, 0.2) is 0 Å². The summed E-state index contributed by atoms with van der Waals surface area (Å²) in [6.07, 6.45) is 12.7. The molecular formula is C22H27N3S. The van der Waals surface area contributed by atoms with Crippen LogP contribution in [-0.4, -0.2) is 15.7 Å². The highest BCUT2D eigenvalue weighted by Crippen LogP contribution is 2.55. The third kappa shape index (κ3) is 3.07. The highest BCUT2D eigenvalue weighted by molar-refractivity contribution is 7.99. The van der Waals surface area contributed by atoms with Gasteiger partial charge < -0.3 is 5.73 Å². The average molecular weight is 366 g/mol. The SMILES string of the molecule is NC1c2ccccc2CC12CCC(c1cnc(SCC3CC3)cn1)CC2. The van der Waals surface area contributed by atoms with Crippen LogP contribution in [0.15, 0.2) is 41.7 Å². The van der Waals surface area contributed by atoms with E-state index in [9.17, 15) is 0 Å². The molecule has 0 aliphatic heterocycles. The molecule has 1 atom stereocenters. The Morgan fingerprint density at radius 1 is 1.04 bits per heavy atom. The molecule has 136 valence electrons. The summed E-state index contributed by atoms with van der Waals surface area (Å²) in [5.74, 6) is 2.68. The number of benzene rings is 1. The molecule has 26 heavy (non-hydrogen) atoms. The first-order valence-corrected chi connectivity index (χ1v) is 11.0. The maximum absolute atomic E-state index is 6.69. The minimum Gasteiger partial charge on any atom is -0.323 e. The van der Waals surface area contributed by atoms with Crippen LogP contribution in [0.2, 0.25) is 0 Å². The van der Waals surface area contributed by atoms with E-state index in [-0.39, 0.29) is 11.5 Å². The Hall–Kier alpha value is -1.39. The van der Waals surface area contributed by atoms with Crippen LogP contribution in [0.25, 0.3) is 0 Å². The van der Waals surface area contributed by atoms with Gasteiger partial charge in [-0.2, -0.15) is 0 Å². The van der Waals surface area contributed by atoms with Gasteiger partial charge in [0.2, 0.25) is 0 Å². The highest BCUT2D eigenvalue weighted by atomic mass is 32.2. The van der Waals surface area contributed by atoms with Crippen LogP contribution in [-0.2, 0) is 6.42 Å². The molecule has 0 radical (unpaired) electrons. The van der Waals surface area contributed by atoms with Crippen molar-refractivity contribution in [3.8, 4) is 0 Å². The summed E-state index contributed by atoms with van der Waals surface area (Å²) in [5.41, 5.74) is 11.0. The predicted octanol–water partition coefficient (Wildman–Crippen LogP) is 4.88. The smallest absolute Gasteiger partial charge is 0.114 e. The third-order valence-corrected chi connectivity index (χ3v) is 7.95. The predicted molar refractivity (Wildman–Crippen MR) is 106 cm³/mol. The van der Waals surface area contributed by atoms with E-state index in [4.69, 9.17) is 10.7 Å². The lowest BCUT2D eigenvalue weighted by Crippen LogP contribution is -2.35. The van der Waals surface area contributed by atoms with Crippen molar-refractivity contribution in [2.45, 2.75) is 61.9 Å². The Morgan fingerprint density at radius 3 is 2.54 bits per heavy atom. The molecule has 2 saturated carbocycles. The number of fused-ring (bicyclic) bond motifs is 1. The second-order valence-corrected chi connectivity index (χ2v) is 9.56. The van der Waals surface area contributed by atoms with Gasteiger partial charge in [-0.1, -0.05) is 24.3 Å². The van der Waals surface area contributed by atoms with Gasteiger partial charge in [0.1, 0.15) is 5.03 Å². The maximum Gasteiger partial charge on any atom is 0.114 e. The Labute approximate surface area is 160 Å². The van der Waals surface area contributed by atoms with Gasteiger partial charge >= 0.3 is 0 Å². The van der Waals surface area contributed by atoms with Crippen molar-refractivity contribution in [3.05, 3.63) is 53.5 Å². The Balaban J connectivity index is 1.23. The average Bonchev–Trinajstić information content (AvgIpc) is 3.48. The summed E-state index contributed by atoms with van der Waals surface area (Å²) in [6, 6.07) is 8.96. The van der Waals surface area contributed by atoms with Crippen molar-refractivity contribution in [1.82, 2.24) is 9.97 Å². The van der Waals surface area contributed by atoms with E-state index >= 15 is 0 Å². The molecular weight excluding hydrogens is 338 g/mol. The van der Waals surface area contributed by atoms with E-state index in [1.165, 1.54) is 61.1 Å². The number of thioether (sulfide) groups is 1. The third-order valence-electron chi connectivity index (χ3n) is 6.80. The van der Waals surface area contributed by atoms with Crippen molar-refractivity contribution in [2.24, 2.45) is 17.1 Å². The first kappa shape index (κ1) is 16.8. The van der Waals surface area contributed by atoms with Crippen molar-refractivity contribution in [3.63, 3.8) is 0 Å². The molecule has 2 fully saturated rings.